The van der Waals surface area contributed by atoms with Crippen LogP contribution in [-0.4, -0.2) is 57.4 Å². The zero-order chi connectivity index (χ0) is 22.7. The smallest absolute Gasteiger partial charge is 0.310 e. The van der Waals surface area contributed by atoms with Crippen molar-refractivity contribution in [2.45, 2.75) is 24.2 Å². The molecule has 0 bridgehead atoms. The monoisotopic (exact) mass is 479 g/mol. The molecule has 0 aromatic heterocycles. The topological polar surface area (TPSA) is 99.2 Å². The summed E-state index contributed by atoms with van der Waals surface area (Å²) in [4.78, 5) is 24.7. The fourth-order valence-corrected chi connectivity index (χ4v) is 5.41. The van der Waals surface area contributed by atoms with Gasteiger partial charge >= 0.3 is 5.97 Å². The number of nitrogens with zero attached hydrogens (tertiary/aromatic N) is 1. The lowest BCUT2D eigenvalue weighted by atomic mass is 10.1. The Kier molecular flexibility index (Phi) is 6.68. The minimum atomic E-state index is -3.54. The van der Waals surface area contributed by atoms with Crippen molar-refractivity contribution in [1.82, 2.24) is 4.31 Å². The number of carbonyl (C=O) groups excluding carboxylic acids is 2. The van der Waals surface area contributed by atoms with Crippen LogP contribution in [0.3, 0.4) is 0 Å². The van der Waals surface area contributed by atoms with Crippen LogP contribution in [0.4, 0.5) is 0 Å². The zero-order valence-corrected chi connectivity index (χ0v) is 18.8. The van der Waals surface area contributed by atoms with Crippen LogP contribution >= 0.6 is 11.6 Å². The van der Waals surface area contributed by atoms with Gasteiger partial charge in [0.05, 0.1) is 16.3 Å². The molecule has 1 fully saturated rings. The maximum absolute atomic E-state index is 12.6. The minimum absolute atomic E-state index is 0.0867. The largest absolute Gasteiger partial charge is 0.486 e. The highest BCUT2D eigenvalue weighted by Crippen LogP contribution is 2.38. The number of ketones is 1. The number of ether oxygens (including phenoxy) is 3. The third-order valence-electron chi connectivity index (χ3n) is 5.25. The fourth-order valence-electron chi connectivity index (χ4n) is 3.60. The highest BCUT2D eigenvalue weighted by atomic mass is 35.5. The maximum Gasteiger partial charge on any atom is 0.310 e. The second-order valence-electron chi connectivity index (χ2n) is 7.50. The Morgan fingerprint density at radius 3 is 2.44 bits per heavy atom. The van der Waals surface area contributed by atoms with Crippen LogP contribution in [0, 0.1) is 0 Å². The number of halogens is 1. The summed E-state index contributed by atoms with van der Waals surface area (Å²) in [7, 11) is -3.54. The van der Waals surface area contributed by atoms with Gasteiger partial charge in [0.25, 0.3) is 0 Å². The molecule has 0 spiro atoms. The molecule has 0 radical (unpaired) electrons. The van der Waals surface area contributed by atoms with Gasteiger partial charge in [0.1, 0.15) is 13.2 Å². The summed E-state index contributed by atoms with van der Waals surface area (Å²) in [6, 6.07) is 8.92. The third-order valence-corrected chi connectivity index (χ3v) is 7.44. The Morgan fingerprint density at radius 2 is 1.72 bits per heavy atom. The first-order valence-corrected chi connectivity index (χ1v) is 12.0. The van der Waals surface area contributed by atoms with Crippen LogP contribution < -0.4 is 9.47 Å². The molecular weight excluding hydrogens is 458 g/mol. The number of carbonyl (C=O) groups is 2. The van der Waals surface area contributed by atoms with Gasteiger partial charge in [-0.3, -0.25) is 9.59 Å². The average molecular weight is 480 g/mol. The maximum atomic E-state index is 12.6. The Bertz CT molecular complexity index is 1130. The highest BCUT2D eigenvalue weighted by molar-refractivity contribution is 7.89. The van der Waals surface area contributed by atoms with Crippen molar-refractivity contribution in [2.24, 2.45) is 0 Å². The molecule has 32 heavy (non-hydrogen) atoms. The van der Waals surface area contributed by atoms with E-state index in [0.29, 0.717) is 48.4 Å². The quantitative estimate of drug-likeness (QED) is 0.444. The standard InChI is InChI=1S/C22H22ClNO7S/c23-18-11-15(12-20-22(18)30-10-9-29-20)13-21(26)31-14-19(25)16-3-5-17(6-4-16)32(27,28)24-7-1-2-8-24/h3-6,11-12H,1-2,7-10,13-14H2. The Hall–Kier alpha value is -2.62. The first-order valence-electron chi connectivity index (χ1n) is 10.2. The van der Waals surface area contributed by atoms with Crippen molar-refractivity contribution in [3.05, 3.63) is 52.5 Å². The van der Waals surface area contributed by atoms with E-state index in [4.69, 9.17) is 25.8 Å². The number of esters is 1. The van der Waals surface area contributed by atoms with E-state index in [2.05, 4.69) is 0 Å². The highest BCUT2D eigenvalue weighted by Gasteiger charge is 2.27. The summed E-state index contributed by atoms with van der Waals surface area (Å²) in [6.45, 7) is 1.36. The Morgan fingerprint density at radius 1 is 1.03 bits per heavy atom. The van der Waals surface area contributed by atoms with E-state index in [0.717, 1.165) is 12.8 Å². The predicted molar refractivity (Wildman–Crippen MR) is 116 cm³/mol. The van der Waals surface area contributed by atoms with Gasteiger partial charge in [0.2, 0.25) is 10.0 Å². The fraction of sp³-hybridized carbons (Fsp3) is 0.364. The zero-order valence-electron chi connectivity index (χ0n) is 17.2. The van der Waals surface area contributed by atoms with Crippen molar-refractivity contribution in [3.8, 4) is 11.5 Å². The second-order valence-corrected chi connectivity index (χ2v) is 9.84. The lowest BCUT2D eigenvalue weighted by Gasteiger charge is -2.20. The van der Waals surface area contributed by atoms with Crippen LogP contribution in [0.15, 0.2) is 41.3 Å². The summed E-state index contributed by atoms with van der Waals surface area (Å²) < 4.78 is 42.6. The van der Waals surface area contributed by atoms with Crippen molar-refractivity contribution >= 4 is 33.4 Å². The van der Waals surface area contributed by atoms with E-state index in [1.807, 2.05) is 0 Å². The third kappa shape index (κ3) is 4.90. The lowest BCUT2D eigenvalue weighted by Crippen LogP contribution is -2.27. The molecular formula is C22H22ClNO7S. The van der Waals surface area contributed by atoms with E-state index in [9.17, 15) is 18.0 Å². The van der Waals surface area contributed by atoms with Crippen molar-refractivity contribution in [3.63, 3.8) is 0 Å². The average Bonchev–Trinajstić information content (AvgIpc) is 3.34. The van der Waals surface area contributed by atoms with Gasteiger partial charge in [-0.1, -0.05) is 11.6 Å². The lowest BCUT2D eigenvalue weighted by molar-refractivity contribution is -0.141. The molecule has 170 valence electrons. The van der Waals surface area contributed by atoms with Crippen molar-refractivity contribution in [1.29, 1.82) is 0 Å². The minimum Gasteiger partial charge on any atom is -0.486 e. The van der Waals surface area contributed by atoms with E-state index in [1.54, 1.807) is 12.1 Å². The molecule has 0 amide bonds. The summed E-state index contributed by atoms with van der Waals surface area (Å²) in [6.07, 6.45) is 1.61. The van der Waals surface area contributed by atoms with E-state index < -0.39 is 28.4 Å². The van der Waals surface area contributed by atoms with Gasteiger partial charge in [-0.05, 0) is 54.8 Å². The molecule has 8 nitrogen and oxygen atoms in total. The summed E-state index contributed by atoms with van der Waals surface area (Å²) in [5.74, 6) is -0.116. The van der Waals surface area contributed by atoms with Gasteiger partial charge in [-0.25, -0.2) is 8.42 Å². The Balaban J connectivity index is 1.33. The molecule has 0 saturated carbocycles. The van der Waals surface area contributed by atoms with Crippen LogP contribution in [0.5, 0.6) is 11.5 Å². The van der Waals surface area contributed by atoms with E-state index >= 15 is 0 Å². The number of sulfonamides is 1. The van der Waals surface area contributed by atoms with Crippen molar-refractivity contribution in [2.75, 3.05) is 32.9 Å². The molecule has 0 aliphatic carbocycles. The molecule has 10 heteroatoms. The predicted octanol–water partition coefficient (Wildman–Crippen LogP) is 2.86. The van der Waals surface area contributed by atoms with Crippen LogP contribution in [0.2, 0.25) is 5.02 Å². The number of benzene rings is 2. The molecule has 0 unspecified atom stereocenters. The summed E-state index contributed by atoms with van der Waals surface area (Å²) >= 11 is 6.17. The van der Waals surface area contributed by atoms with Gasteiger partial charge in [-0.15, -0.1) is 0 Å². The van der Waals surface area contributed by atoms with Gasteiger partial charge in [0, 0.05) is 18.7 Å². The molecule has 2 aromatic carbocycles. The molecule has 0 atom stereocenters. The normalized spacial score (nSPS) is 16.0. The van der Waals surface area contributed by atoms with Gasteiger partial charge < -0.3 is 14.2 Å². The first-order chi connectivity index (χ1) is 15.3. The number of rotatable bonds is 7. The number of fused-ring (bicyclic) bond motifs is 1. The molecule has 0 N–H and O–H groups in total. The summed E-state index contributed by atoms with van der Waals surface area (Å²) in [5.41, 5.74) is 0.841. The van der Waals surface area contributed by atoms with E-state index in [-0.39, 0.29) is 16.9 Å². The van der Waals surface area contributed by atoms with Gasteiger partial charge in [-0.2, -0.15) is 4.31 Å². The van der Waals surface area contributed by atoms with Crippen LogP contribution in [0.25, 0.3) is 0 Å². The molecule has 4 rings (SSSR count). The second kappa shape index (κ2) is 9.48. The van der Waals surface area contributed by atoms with E-state index in [1.165, 1.54) is 28.6 Å². The molecule has 2 aliphatic heterocycles. The van der Waals surface area contributed by atoms with Crippen LogP contribution in [0.1, 0.15) is 28.8 Å². The number of hydrogen-bond acceptors (Lipinski definition) is 7. The number of Topliss-reactive ketones (excluding diaryl/α,β-unsaturated/α-hetero) is 1. The van der Waals surface area contributed by atoms with Crippen molar-refractivity contribution < 1.29 is 32.2 Å². The Labute approximate surface area is 191 Å². The molecule has 2 heterocycles. The first kappa shape index (κ1) is 22.6. The van der Waals surface area contributed by atoms with Gasteiger partial charge in [0.15, 0.2) is 23.9 Å². The molecule has 2 aliphatic rings. The number of hydrogen-bond donors (Lipinski definition) is 0. The van der Waals surface area contributed by atoms with Crippen LogP contribution in [-0.2, 0) is 26.0 Å². The summed E-state index contributed by atoms with van der Waals surface area (Å²) in [5, 5.41) is 0.338. The molecule has 2 aromatic rings. The SMILES string of the molecule is O=C(Cc1cc(Cl)c2c(c1)OCCO2)OCC(=O)c1ccc(S(=O)(=O)N2CCCC2)cc1. The molecule has 1 saturated heterocycles.